The van der Waals surface area contributed by atoms with E-state index in [4.69, 9.17) is 23.2 Å². The van der Waals surface area contributed by atoms with Gasteiger partial charge in [0.25, 0.3) is 0 Å². The molecule has 42 heavy (non-hydrogen) atoms. The maximum absolute atomic E-state index is 13.5. The SMILES string of the molecule is O=C(CC1CCCCN1S(=O)(=O)c1ccc(Cl)c(Cl)c1)NC1CCC(C(CCc2ccccc2)N2CCCCC2)CC1. The molecule has 3 fully saturated rings. The maximum atomic E-state index is 13.5. The van der Waals surface area contributed by atoms with Crippen LogP contribution in [0.15, 0.2) is 53.4 Å². The minimum absolute atomic E-state index is 0.0450. The van der Waals surface area contributed by atoms with Crippen LogP contribution in [0, 0.1) is 5.92 Å². The lowest BCUT2D eigenvalue weighted by Crippen LogP contribution is -2.48. The molecular formula is C33H45Cl2N3O3S. The van der Waals surface area contributed by atoms with Crippen LogP contribution in [-0.2, 0) is 21.2 Å². The summed E-state index contributed by atoms with van der Waals surface area (Å²) >= 11 is 12.1. The van der Waals surface area contributed by atoms with Crippen molar-refractivity contribution in [3.05, 3.63) is 64.1 Å². The molecule has 0 radical (unpaired) electrons. The highest BCUT2D eigenvalue weighted by molar-refractivity contribution is 7.89. The summed E-state index contributed by atoms with van der Waals surface area (Å²) in [5.41, 5.74) is 1.42. The molecule has 2 heterocycles. The molecule has 9 heteroatoms. The van der Waals surface area contributed by atoms with Crippen molar-refractivity contribution < 1.29 is 13.2 Å². The van der Waals surface area contributed by atoms with E-state index in [1.165, 1.54) is 66.8 Å². The highest BCUT2D eigenvalue weighted by atomic mass is 35.5. The number of nitrogens with zero attached hydrogens (tertiary/aromatic N) is 2. The molecule has 1 amide bonds. The third-order valence-electron chi connectivity index (χ3n) is 9.60. The summed E-state index contributed by atoms with van der Waals surface area (Å²) in [5.74, 6) is 0.612. The van der Waals surface area contributed by atoms with Crippen molar-refractivity contribution in [2.75, 3.05) is 19.6 Å². The molecule has 1 saturated carbocycles. The molecule has 2 saturated heterocycles. The highest BCUT2D eigenvalue weighted by Gasteiger charge is 2.36. The minimum Gasteiger partial charge on any atom is -0.353 e. The molecule has 0 aromatic heterocycles. The van der Waals surface area contributed by atoms with E-state index in [0.717, 1.165) is 44.9 Å². The molecule has 2 atom stereocenters. The lowest BCUT2D eigenvalue weighted by atomic mass is 9.78. The van der Waals surface area contributed by atoms with Crippen LogP contribution in [0.1, 0.15) is 82.6 Å². The summed E-state index contributed by atoms with van der Waals surface area (Å²) in [6.45, 7) is 2.82. The Balaban J connectivity index is 1.16. The average Bonchev–Trinajstić information content (AvgIpc) is 3.00. The van der Waals surface area contributed by atoms with Crippen LogP contribution in [0.2, 0.25) is 10.0 Å². The van der Waals surface area contributed by atoms with E-state index < -0.39 is 10.0 Å². The lowest BCUT2D eigenvalue weighted by Gasteiger charge is -2.42. The Labute approximate surface area is 262 Å². The van der Waals surface area contributed by atoms with Gasteiger partial charge in [-0.2, -0.15) is 4.31 Å². The van der Waals surface area contributed by atoms with Gasteiger partial charge in [-0.25, -0.2) is 8.42 Å². The minimum atomic E-state index is -3.78. The van der Waals surface area contributed by atoms with Crippen molar-refractivity contribution in [2.24, 2.45) is 5.92 Å². The Bertz CT molecular complexity index is 1280. The van der Waals surface area contributed by atoms with E-state index in [2.05, 4.69) is 40.5 Å². The van der Waals surface area contributed by atoms with Gasteiger partial charge in [-0.3, -0.25) is 4.79 Å². The van der Waals surface area contributed by atoms with Crippen molar-refractivity contribution in [2.45, 2.75) is 106 Å². The number of carbonyl (C=O) groups is 1. The number of nitrogens with one attached hydrogen (secondary N) is 1. The zero-order valence-electron chi connectivity index (χ0n) is 24.5. The van der Waals surface area contributed by atoms with Gasteiger partial charge in [-0.1, -0.05) is 66.4 Å². The van der Waals surface area contributed by atoms with Gasteiger partial charge in [0, 0.05) is 31.1 Å². The lowest BCUT2D eigenvalue weighted by molar-refractivity contribution is -0.123. The van der Waals surface area contributed by atoms with Crippen LogP contribution in [-0.4, -0.2) is 61.3 Å². The Morgan fingerprint density at radius 1 is 0.857 bits per heavy atom. The van der Waals surface area contributed by atoms with Crippen molar-refractivity contribution in [1.82, 2.24) is 14.5 Å². The normalized spacial score (nSPS) is 25.1. The molecule has 0 bridgehead atoms. The third-order valence-corrected chi connectivity index (χ3v) is 12.3. The van der Waals surface area contributed by atoms with E-state index in [-0.39, 0.29) is 34.3 Å². The number of aryl methyl sites for hydroxylation is 1. The number of carbonyl (C=O) groups excluding carboxylic acids is 1. The first-order valence-electron chi connectivity index (χ1n) is 15.9. The first-order chi connectivity index (χ1) is 20.3. The molecular weight excluding hydrogens is 589 g/mol. The second-order valence-electron chi connectivity index (χ2n) is 12.4. The Morgan fingerprint density at radius 2 is 1.57 bits per heavy atom. The number of hydrogen-bond donors (Lipinski definition) is 1. The van der Waals surface area contributed by atoms with Crippen LogP contribution in [0.4, 0.5) is 0 Å². The summed E-state index contributed by atoms with van der Waals surface area (Å²) in [4.78, 5) is 16.1. The summed E-state index contributed by atoms with van der Waals surface area (Å²) in [7, 11) is -3.78. The topological polar surface area (TPSA) is 69.7 Å². The quantitative estimate of drug-likeness (QED) is 0.303. The van der Waals surface area contributed by atoms with Crippen molar-refractivity contribution >= 4 is 39.1 Å². The second kappa shape index (κ2) is 14.9. The standard InChI is InChI=1S/C33H45Cl2N3O3S/c34-30-18-17-29(24-31(30)35)42(40,41)38-22-8-5-11-28(38)23-33(39)36-27-15-13-26(14-16-27)32(37-20-6-2-7-21-37)19-12-25-9-3-1-4-10-25/h1,3-4,9-10,17-18,24,26-28,32H,2,5-8,11-16,19-23H2,(H,36,39). The molecule has 1 N–H and O–H groups in total. The van der Waals surface area contributed by atoms with Crippen LogP contribution >= 0.6 is 23.2 Å². The number of rotatable bonds is 10. The number of likely N-dealkylation sites (tertiary alicyclic amines) is 1. The van der Waals surface area contributed by atoms with E-state index >= 15 is 0 Å². The first-order valence-corrected chi connectivity index (χ1v) is 18.0. The summed E-state index contributed by atoms with van der Waals surface area (Å²) in [5, 5.41) is 3.81. The molecule has 6 nitrogen and oxygen atoms in total. The molecule has 5 rings (SSSR count). The van der Waals surface area contributed by atoms with Gasteiger partial charge in [-0.05, 0) is 107 Å². The van der Waals surface area contributed by atoms with E-state index in [0.29, 0.717) is 29.9 Å². The summed E-state index contributed by atoms with van der Waals surface area (Å²) < 4.78 is 28.5. The molecule has 2 aliphatic heterocycles. The van der Waals surface area contributed by atoms with E-state index in [1.807, 2.05) is 0 Å². The largest absolute Gasteiger partial charge is 0.353 e. The molecule has 2 aromatic carbocycles. The van der Waals surface area contributed by atoms with Crippen LogP contribution in [0.25, 0.3) is 0 Å². The van der Waals surface area contributed by atoms with Gasteiger partial charge in [0.05, 0.1) is 14.9 Å². The number of amides is 1. The molecule has 230 valence electrons. The number of piperidine rings is 2. The molecule has 3 aliphatic rings. The van der Waals surface area contributed by atoms with E-state index in [9.17, 15) is 13.2 Å². The van der Waals surface area contributed by atoms with Gasteiger partial charge in [0.2, 0.25) is 15.9 Å². The average molecular weight is 635 g/mol. The molecule has 2 unspecified atom stereocenters. The zero-order chi connectivity index (χ0) is 29.5. The second-order valence-corrected chi connectivity index (χ2v) is 15.1. The fourth-order valence-electron chi connectivity index (χ4n) is 7.34. The number of sulfonamides is 1. The smallest absolute Gasteiger partial charge is 0.243 e. The number of benzene rings is 2. The van der Waals surface area contributed by atoms with E-state index in [1.54, 1.807) is 0 Å². The van der Waals surface area contributed by atoms with Gasteiger partial charge in [0.1, 0.15) is 0 Å². The fourth-order valence-corrected chi connectivity index (χ4v) is 9.42. The molecule has 1 aliphatic carbocycles. The predicted molar refractivity (Wildman–Crippen MR) is 170 cm³/mol. The summed E-state index contributed by atoms with van der Waals surface area (Å²) in [6.07, 6.45) is 13.0. The van der Waals surface area contributed by atoms with Crippen molar-refractivity contribution in [3.63, 3.8) is 0 Å². The summed E-state index contributed by atoms with van der Waals surface area (Å²) in [6, 6.07) is 15.6. The maximum Gasteiger partial charge on any atom is 0.243 e. The molecule has 0 spiro atoms. The fraction of sp³-hybridized carbons (Fsp3) is 0.606. The number of halogens is 2. The van der Waals surface area contributed by atoms with Gasteiger partial charge in [-0.15, -0.1) is 0 Å². The van der Waals surface area contributed by atoms with Crippen LogP contribution in [0.5, 0.6) is 0 Å². The number of hydrogen-bond acceptors (Lipinski definition) is 4. The Kier molecular flexibility index (Phi) is 11.3. The van der Waals surface area contributed by atoms with Gasteiger partial charge < -0.3 is 10.2 Å². The monoisotopic (exact) mass is 633 g/mol. The van der Waals surface area contributed by atoms with Gasteiger partial charge >= 0.3 is 0 Å². The Morgan fingerprint density at radius 3 is 2.29 bits per heavy atom. The van der Waals surface area contributed by atoms with Crippen molar-refractivity contribution in [3.8, 4) is 0 Å². The third kappa shape index (κ3) is 8.09. The predicted octanol–water partition coefficient (Wildman–Crippen LogP) is 7.09. The van der Waals surface area contributed by atoms with Gasteiger partial charge in [0.15, 0.2) is 0 Å². The Hall–Kier alpha value is -1.64. The van der Waals surface area contributed by atoms with Crippen molar-refractivity contribution in [1.29, 1.82) is 0 Å². The van der Waals surface area contributed by atoms with Crippen LogP contribution in [0.3, 0.4) is 0 Å². The first kappa shape index (κ1) is 31.8. The molecule has 2 aromatic rings. The highest BCUT2D eigenvalue weighted by Crippen LogP contribution is 2.34. The van der Waals surface area contributed by atoms with Crippen LogP contribution < -0.4 is 5.32 Å². The zero-order valence-corrected chi connectivity index (χ0v) is 26.9.